The van der Waals surface area contributed by atoms with Gasteiger partial charge in [0.1, 0.15) is 25.3 Å². The van der Waals surface area contributed by atoms with Crippen LogP contribution in [-0.2, 0) is 9.47 Å². The molecule has 0 aromatic rings. The molecule has 2 aliphatic rings. The first-order valence-electron chi connectivity index (χ1n) is 7.10. The molecule has 0 fully saturated rings. The van der Waals surface area contributed by atoms with E-state index >= 15 is 0 Å². The molecule has 22 heavy (non-hydrogen) atoms. The summed E-state index contributed by atoms with van der Waals surface area (Å²) in [6, 6.07) is -0.324. The topological polar surface area (TPSA) is 24.9 Å². The third kappa shape index (κ3) is 4.87. The van der Waals surface area contributed by atoms with E-state index in [1.807, 2.05) is 11.9 Å². The van der Waals surface area contributed by atoms with Gasteiger partial charge in [0.05, 0.1) is 6.61 Å². The molecule has 0 aromatic heterocycles. The predicted octanol–water partition coefficient (Wildman–Crippen LogP) is 3.26. The first-order valence-corrected chi connectivity index (χ1v) is 7.48. The van der Waals surface area contributed by atoms with Crippen LogP contribution in [0.1, 0.15) is 19.3 Å². The summed E-state index contributed by atoms with van der Waals surface area (Å²) in [4.78, 5) is 3.51. The lowest BCUT2D eigenvalue weighted by Gasteiger charge is -2.36. The summed E-state index contributed by atoms with van der Waals surface area (Å²) >= 11 is 6.23. The second-order valence-corrected chi connectivity index (χ2v) is 5.86. The van der Waals surface area contributed by atoms with Crippen molar-refractivity contribution < 1.29 is 22.6 Å². The van der Waals surface area contributed by atoms with E-state index in [0.717, 1.165) is 0 Å². The lowest BCUT2D eigenvalue weighted by Crippen LogP contribution is -2.40. The molecule has 0 radical (unpaired) electrons. The van der Waals surface area contributed by atoms with Crippen LogP contribution in [0.4, 0.5) is 13.2 Å². The van der Waals surface area contributed by atoms with Gasteiger partial charge in [0.25, 0.3) is 0 Å². The fraction of sp³-hybridized carbons (Fsp3) is 0.714. The van der Waals surface area contributed by atoms with Crippen LogP contribution in [-0.4, -0.2) is 55.9 Å². The van der Waals surface area contributed by atoms with Crippen LogP contribution in [0.2, 0.25) is 0 Å². The molecule has 1 unspecified atom stereocenters. The molecule has 0 spiro atoms. The lowest BCUT2D eigenvalue weighted by atomic mass is 9.93. The number of hydrogen-bond acceptors (Lipinski definition) is 4. The first-order chi connectivity index (χ1) is 10.4. The van der Waals surface area contributed by atoms with Crippen LogP contribution in [0.15, 0.2) is 22.9 Å². The molecule has 4 nitrogen and oxygen atoms in total. The Morgan fingerprint density at radius 1 is 1.18 bits per heavy atom. The first kappa shape index (κ1) is 17.6. The van der Waals surface area contributed by atoms with E-state index in [1.165, 1.54) is 6.08 Å². The average molecular weight is 341 g/mol. The molecule has 0 saturated carbocycles. The second-order valence-electron chi connectivity index (χ2n) is 5.48. The highest BCUT2D eigenvalue weighted by molar-refractivity contribution is 6.29. The smallest absolute Gasteiger partial charge is 0.362 e. The van der Waals surface area contributed by atoms with Crippen molar-refractivity contribution in [2.45, 2.75) is 31.5 Å². The zero-order chi connectivity index (χ0) is 16.2. The lowest BCUT2D eigenvalue weighted by molar-refractivity contribution is -0.0999. The summed E-state index contributed by atoms with van der Waals surface area (Å²) < 4.78 is 49.6. The molecular formula is C14H20ClF3N2O2. The molecule has 0 N–H and O–H groups in total. The van der Waals surface area contributed by atoms with Crippen LogP contribution >= 0.6 is 11.6 Å². The number of hydrogen-bond donors (Lipinski definition) is 0. The van der Waals surface area contributed by atoms with Gasteiger partial charge in [0, 0.05) is 11.6 Å². The number of allylic oxidation sites excluding steroid dienone is 1. The summed E-state index contributed by atoms with van der Waals surface area (Å²) in [5.74, 6) is 0. The molecule has 0 saturated heterocycles. The Labute approximate surface area is 133 Å². The average Bonchev–Trinajstić information content (AvgIpc) is 2.47. The van der Waals surface area contributed by atoms with E-state index in [2.05, 4.69) is 0 Å². The highest BCUT2D eigenvalue weighted by Gasteiger charge is 2.37. The van der Waals surface area contributed by atoms with Gasteiger partial charge in [-0.25, -0.2) is 0 Å². The zero-order valence-electron chi connectivity index (χ0n) is 12.4. The quantitative estimate of drug-likeness (QED) is 0.540. The SMILES string of the molecule is CN1COC/C=C(/Cl)N(C2CCC=C(C(F)(F)F)C2)COC1. The molecular weight excluding hydrogens is 321 g/mol. The fourth-order valence-electron chi connectivity index (χ4n) is 2.51. The van der Waals surface area contributed by atoms with Crippen molar-refractivity contribution in [2.24, 2.45) is 0 Å². The van der Waals surface area contributed by atoms with Crippen molar-refractivity contribution in [3.63, 3.8) is 0 Å². The molecule has 0 bridgehead atoms. The molecule has 8 heteroatoms. The van der Waals surface area contributed by atoms with Gasteiger partial charge in [0.2, 0.25) is 0 Å². The summed E-state index contributed by atoms with van der Waals surface area (Å²) in [6.45, 7) is 1.21. The van der Waals surface area contributed by atoms with Crippen molar-refractivity contribution in [3.05, 3.63) is 22.9 Å². The Balaban J connectivity index is 2.08. The van der Waals surface area contributed by atoms with Gasteiger partial charge in [-0.2, -0.15) is 13.2 Å². The Hall–Kier alpha value is -0.760. The molecule has 1 aliphatic heterocycles. The van der Waals surface area contributed by atoms with Gasteiger partial charge in [-0.1, -0.05) is 17.7 Å². The molecule has 0 aromatic carbocycles. The number of rotatable bonds is 1. The maximum atomic E-state index is 12.9. The van der Waals surface area contributed by atoms with Gasteiger partial charge in [-0.3, -0.25) is 4.90 Å². The summed E-state index contributed by atoms with van der Waals surface area (Å²) in [5.41, 5.74) is -0.487. The molecule has 0 amide bonds. The number of halogens is 4. The highest BCUT2D eigenvalue weighted by Crippen LogP contribution is 2.36. The van der Waals surface area contributed by atoms with E-state index in [4.69, 9.17) is 21.1 Å². The van der Waals surface area contributed by atoms with Crippen molar-refractivity contribution in [2.75, 3.05) is 33.8 Å². The number of alkyl halides is 3. The molecule has 2 rings (SSSR count). The Kier molecular flexibility index (Phi) is 6.14. The van der Waals surface area contributed by atoms with E-state index in [9.17, 15) is 13.2 Å². The van der Waals surface area contributed by atoms with Crippen LogP contribution in [0.25, 0.3) is 0 Å². The Morgan fingerprint density at radius 3 is 2.64 bits per heavy atom. The van der Waals surface area contributed by atoms with E-state index in [0.29, 0.717) is 38.1 Å². The van der Waals surface area contributed by atoms with Crippen LogP contribution in [0, 0.1) is 0 Å². The third-order valence-corrected chi connectivity index (χ3v) is 4.02. The third-order valence-electron chi connectivity index (χ3n) is 3.65. The van der Waals surface area contributed by atoms with Gasteiger partial charge in [0.15, 0.2) is 0 Å². The minimum atomic E-state index is -4.28. The van der Waals surface area contributed by atoms with Crippen LogP contribution in [0.3, 0.4) is 0 Å². The van der Waals surface area contributed by atoms with E-state index in [-0.39, 0.29) is 19.2 Å². The number of nitrogens with zero attached hydrogens (tertiary/aromatic N) is 2. The molecule has 1 aliphatic carbocycles. The summed E-state index contributed by atoms with van der Waals surface area (Å²) in [5, 5.41) is 0.373. The maximum Gasteiger partial charge on any atom is 0.412 e. The second kappa shape index (κ2) is 7.68. The van der Waals surface area contributed by atoms with Crippen molar-refractivity contribution in [3.8, 4) is 0 Å². The summed E-state index contributed by atoms with van der Waals surface area (Å²) in [6.07, 6.45) is -0.424. The van der Waals surface area contributed by atoms with Crippen molar-refractivity contribution in [1.82, 2.24) is 9.80 Å². The molecule has 1 atom stereocenters. The minimum absolute atomic E-state index is 0.0758. The molecule has 1 heterocycles. The zero-order valence-corrected chi connectivity index (χ0v) is 13.2. The molecule has 126 valence electrons. The van der Waals surface area contributed by atoms with Crippen molar-refractivity contribution in [1.29, 1.82) is 0 Å². The fourth-order valence-corrected chi connectivity index (χ4v) is 2.76. The van der Waals surface area contributed by atoms with Crippen LogP contribution in [0.5, 0.6) is 0 Å². The predicted molar refractivity (Wildman–Crippen MR) is 77.0 cm³/mol. The van der Waals surface area contributed by atoms with Crippen molar-refractivity contribution >= 4 is 11.6 Å². The van der Waals surface area contributed by atoms with E-state index in [1.54, 1.807) is 11.0 Å². The normalized spacial score (nSPS) is 28.8. The number of ether oxygens (including phenoxy) is 2. The summed E-state index contributed by atoms with van der Waals surface area (Å²) in [7, 11) is 1.84. The van der Waals surface area contributed by atoms with Gasteiger partial charge in [-0.05, 0) is 32.4 Å². The van der Waals surface area contributed by atoms with Gasteiger partial charge in [-0.15, -0.1) is 0 Å². The minimum Gasteiger partial charge on any atom is -0.362 e. The monoisotopic (exact) mass is 340 g/mol. The highest BCUT2D eigenvalue weighted by atomic mass is 35.5. The Bertz CT molecular complexity index is 440. The Morgan fingerprint density at radius 2 is 1.91 bits per heavy atom. The standard InChI is InChI=1S/C14H20ClF3N2O2/c1-19-8-21-6-5-13(15)20(10-22-9-19)12-4-2-3-11(7-12)14(16,17)18/h3,5,12H,2,4,6-10H2,1H3/b13-5-. The van der Waals surface area contributed by atoms with Gasteiger partial charge < -0.3 is 14.4 Å². The maximum absolute atomic E-state index is 12.9. The largest absolute Gasteiger partial charge is 0.412 e. The van der Waals surface area contributed by atoms with Crippen LogP contribution < -0.4 is 0 Å². The van der Waals surface area contributed by atoms with E-state index < -0.39 is 11.7 Å². The van der Waals surface area contributed by atoms with Gasteiger partial charge >= 0.3 is 6.18 Å².